The summed E-state index contributed by atoms with van der Waals surface area (Å²) in [6.07, 6.45) is 0. The fourth-order valence-corrected chi connectivity index (χ4v) is 2.09. The van der Waals surface area contributed by atoms with Gasteiger partial charge >= 0.3 is 5.97 Å². The lowest BCUT2D eigenvalue weighted by Gasteiger charge is -2.18. The Morgan fingerprint density at radius 2 is 1.96 bits per heavy atom. The summed E-state index contributed by atoms with van der Waals surface area (Å²) in [7, 11) is 0. The van der Waals surface area contributed by atoms with Gasteiger partial charge in [-0.1, -0.05) is 12.1 Å². The van der Waals surface area contributed by atoms with Crippen LogP contribution >= 0.6 is 0 Å². The van der Waals surface area contributed by atoms with E-state index in [1.54, 1.807) is 6.92 Å². The summed E-state index contributed by atoms with van der Waals surface area (Å²) < 4.78 is 31.8. The molecule has 0 saturated heterocycles. The van der Waals surface area contributed by atoms with Crippen molar-refractivity contribution in [2.75, 3.05) is 6.61 Å². The maximum Gasteiger partial charge on any atom is 0.333 e. The van der Waals surface area contributed by atoms with Crippen molar-refractivity contribution in [3.05, 3.63) is 65.2 Å². The predicted molar refractivity (Wildman–Crippen MR) is 81.3 cm³/mol. The van der Waals surface area contributed by atoms with Crippen LogP contribution in [-0.2, 0) is 9.53 Å². The molecule has 2 rings (SSSR count). The van der Waals surface area contributed by atoms with Crippen molar-refractivity contribution < 1.29 is 28.2 Å². The van der Waals surface area contributed by atoms with Crippen LogP contribution in [0.25, 0.3) is 0 Å². The lowest BCUT2D eigenvalue weighted by Crippen LogP contribution is -2.35. The molecule has 24 heavy (non-hydrogen) atoms. The number of esters is 1. The maximum atomic E-state index is 13.7. The molecule has 0 saturated carbocycles. The van der Waals surface area contributed by atoms with E-state index in [-0.39, 0.29) is 17.9 Å². The van der Waals surface area contributed by atoms with E-state index in [1.807, 2.05) is 0 Å². The molecule has 0 aliphatic rings. The van der Waals surface area contributed by atoms with Crippen LogP contribution in [-0.4, -0.2) is 23.6 Å². The number of nitrogens with one attached hydrogen (secondary N) is 1. The molecule has 0 fully saturated rings. The first-order valence-corrected chi connectivity index (χ1v) is 7.14. The Morgan fingerprint density at radius 1 is 1.21 bits per heavy atom. The Morgan fingerprint density at radius 3 is 2.62 bits per heavy atom. The van der Waals surface area contributed by atoms with Crippen LogP contribution in [0.5, 0.6) is 5.75 Å². The summed E-state index contributed by atoms with van der Waals surface area (Å²) in [6.45, 7) is 1.66. The topological polar surface area (TPSA) is 75.6 Å². The molecule has 1 amide bonds. The first kappa shape index (κ1) is 17.4. The zero-order valence-electron chi connectivity index (χ0n) is 12.8. The fraction of sp³-hybridized carbons (Fsp3) is 0.176. The summed E-state index contributed by atoms with van der Waals surface area (Å²) in [5.41, 5.74) is -0.289. The van der Waals surface area contributed by atoms with Gasteiger partial charge in [0.25, 0.3) is 5.91 Å². The van der Waals surface area contributed by atoms with Crippen molar-refractivity contribution in [3.63, 3.8) is 0 Å². The van der Waals surface area contributed by atoms with Gasteiger partial charge in [0.05, 0.1) is 12.2 Å². The highest BCUT2D eigenvalue weighted by atomic mass is 19.1. The number of aromatic hydroxyl groups is 1. The Balaban J connectivity index is 2.32. The van der Waals surface area contributed by atoms with Gasteiger partial charge in [0.15, 0.2) is 6.04 Å². The van der Waals surface area contributed by atoms with Gasteiger partial charge in [-0.25, -0.2) is 13.6 Å². The summed E-state index contributed by atoms with van der Waals surface area (Å²) in [4.78, 5) is 24.3. The zero-order valence-corrected chi connectivity index (χ0v) is 12.8. The summed E-state index contributed by atoms with van der Waals surface area (Å²) in [5, 5.41) is 11.8. The van der Waals surface area contributed by atoms with Crippen LogP contribution in [0.2, 0.25) is 0 Å². The van der Waals surface area contributed by atoms with Gasteiger partial charge in [-0.3, -0.25) is 4.79 Å². The Hall–Kier alpha value is -2.96. The van der Waals surface area contributed by atoms with Gasteiger partial charge in [-0.05, 0) is 42.8 Å². The standard InChI is InChI=1S/C17H15F2NO4/c1-2-24-17(23)15(10-4-3-5-12(21)8-10)20-16(22)13-9-11(18)6-7-14(13)19/h3-9,15,21H,2H2,1H3,(H,20,22)/t15-/m1/s1. The van der Waals surface area contributed by atoms with Gasteiger partial charge in [0.2, 0.25) is 0 Å². The lowest BCUT2D eigenvalue weighted by molar-refractivity contribution is -0.145. The maximum absolute atomic E-state index is 13.7. The average Bonchev–Trinajstić information content (AvgIpc) is 2.54. The minimum Gasteiger partial charge on any atom is -0.508 e. The molecule has 126 valence electrons. The monoisotopic (exact) mass is 335 g/mol. The number of hydrogen-bond donors (Lipinski definition) is 2. The number of amides is 1. The number of carbonyl (C=O) groups excluding carboxylic acids is 2. The third-order valence-electron chi connectivity index (χ3n) is 3.17. The molecule has 0 aliphatic heterocycles. The van der Waals surface area contributed by atoms with E-state index in [4.69, 9.17) is 4.74 Å². The first-order valence-electron chi connectivity index (χ1n) is 7.14. The fourth-order valence-electron chi connectivity index (χ4n) is 2.09. The van der Waals surface area contributed by atoms with Crippen molar-refractivity contribution in [2.45, 2.75) is 13.0 Å². The van der Waals surface area contributed by atoms with Crippen molar-refractivity contribution >= 4 is 11.9 Å². The first-order chi connectivity index (χ1) is 11.4. The second-order valence-electron chi connectivity index (χ2n) is 4.88. The van der Waals surface area contributed by atoms with Crippen LogP contribution < -0.4 is 5.32 Å². The second-order valence-corrected chi connectivity index (χ2v) is 4.88. The number of phenols is 1. The molecule has 2 N–H and O–H groups in total. The van der Waals surface area contributed by atoms with E-state index in [1.165, 1.54) is 24.3 Å². The normalized spacial score (nSPS) is 11.6. The van der Waals surface area contributed by atoms with Crippen LogP contribution in [0, 0.1) is 11.6 Å². The Bertz CT molecular complexity index is 764. The third-order valence-corrected chi connectivity index (χ3v) is 3.17. The molecule has 0 spiro atoms. The number of ether oxygens (including phenoxy) is 1. The van der Waals surface area contributed by atoms with Crippen LogP contribution in [0.15, 0.2) is 42.5 Å². The second kappa shape index (κ2) is 7.54. The smallest absolute Gasteiger partial charge is 0.333 e. The van der Waals surface area contributed by atoms with E-state index in [9.17, 15) is 23.5 Å². The molecule has 2 aromatic rings. The van der Waals surface area contributed by atoms with Gasteiger partial charge < -0.3 is 15.2 Å². The Labute approximate surface area is 136 Å². The highest BCUT2D eigenvalue weighted by molar-refractivity contribution is 5.97. The van der Waals surface area contributed by atoms with Crippen molar-refractivity contribution in [3.8, 4) is 5.75 Å². The van der Waals surface area contributed by atoms with E-state index >= 15 is 0 Å². The van der Waals surface area contributed by atoms with Crippen molar-refractivity contribution in [1.29, 1.82) is 0 Å². The predicted octanol–water partition coefficient (Wildman–Crippen LogP) is 2.70. The molecular weight excluding hydrogens is 320 g/mol. The third kappa shape index (κ3) is 4.07. The number of carbonyl (C=O) groups is 2. The number of hydrogen-bond acceptors (Lipinski definition) is 4. The van der Waals surface area contributed by atoms with Gasteiger partial charge in [-0.15, -0.1) is 0 Å². The van der Waals surface area contributed by atoms with Gasteiger partial charge in [0.1, 0.15) is 17.4 Å². The summed E-state index contributed by atoms with van der Waals surface area (Å²) >= 11 is 0. The number of rotatable bonds is 5. The van der Waals surface area contributed by atoms with E-state index in [0.29, 0.717) is 0 Å². The van der Waals surface area contributed by atoms with Crippen LogP contribution in [0.1, 0.15) is 28.9 Å². The van der Waals surface area contributed by atoms with Crippen molar-refractivity contribution in [1.82, 2.24) is 5.32 Å². The summed E-state index contributed by atoms with van der Waals surface area (Å²) in [5.74, 6) is -3.59. The van der Waals surface area contributed by atoms with Crippen molar-refractivity contribution in [2.24, 2.45) is 0 Å². The quantitative estimate of drug-likeness (QED) is 0.824. The molecule has 7 heteroatoms. The summed E-state index contributed by atoms with van der Waals surface area (Å²) in [6, 6.07) is 6.78. The van der Waals surface area contributed by atoms with Crippen LogP contribution in [0.3, 0.4) is 0 Å². The zero-order chi connectivity index (χ0) is 17.7. The lowest BCUT2D eigenvalue weighted by atomic mass is 10.1. The minimum atomic E-state index is -1.27. The molecule has 0 aromatic heterocycles. The molecule has 5 nitrogen and oxygen atoms in total. The highest BCUT2D eigenvalue weighted by Gasteiger charge is 2.26. The average molecular weight is 335 g/mol. The molecule has 0 radical (unpaired) electrons. The molecule has 1 atom stereocenters. The van der Waals surface area contributed by atoms with Gasteiger partial charge in [-0.2, -0.15) is 0 Å². The number of benzene rings is 2. The SMILES string of the molecule is CCOC(=O)[C@H](NC(=O)c1cc(F)ccc1F)c1cccc(O)c1. The van der Waals surface area contributed by atoms with Crippen LogP contribution in [0.4, 0.5) is 8.78 Å². The molecule has 0 bridgehead atoms. The number of halogens is 2. The molecule has 2 aromatic carbocycles. The van der Waals surface area contributed by atoms with E-state index in [0.717, 1.165) is 18.2 Å². The van der Waals surface area contributed by atoms with E-state index < -0.39 is 35.1 Å². The highest BCUT2D eigenvalue weighted by Crippen LogP contribution is 2.21. The molecule has 0 aliphatic carbocycles. The molecular formula is C17H15F2NO4. The Kier molecular flexibility index (Phi) is 5.47. The molecule has 0 heterocycles. The van der Waals surface area contributed by atoms with Gasteiger partial charge in [0, 0.05) is 0 Å². The van der Waals surface area contributed by atoms with E-state index in [2.05, 4.69) is 5.32 Å². The largest absolute Gasteiger partial charge is 0.508 e. The molecule has 0 unspecified atom stereocenters. The minimum absolute atomic E-state index is 0.0678. The number of phenolic OH excluding ortho intramolecular Hbond substituents is 1.